The van der Waals surface area contributed by atoms with Crippen molar-refractivity contribution in [1.29, 1.82) is 0 Å². The van der Waals surface area contributed by atoms with E-state index in [1.807, 2.05) is 11.8 Å². The zero-order valence-corrected chi connectivity index (χ0v) is 13.8. The molecular formula is C16H27N3S. The lowest BCUT2D eigenvalue weighted by atomic mass is 10.1. The fourth-order valence-electron chi connectivity index (χ4n) is 2.21. The van der Waals surface area contributed by atoms with Crippen LogP contribution in [0.5, 0.6) is 0 Å². The third-order valence-corrected chi connectivity index (χ3v) is 4.22. The zero-order valence-electron chi connectivity index (χ0n) is 13.0. The minimum absolute atomic E-state index is 0.760. The number of nitrogens with zero attached hydrogens (tertiary/aromatic N) is 2. The van der Waals surface area contributed by atoms with Crippen LogP contribution in [-0.2, 0) is 13.0 Å². The molecule has 1 aliphatic rings. The average molecular weight is 293 g/mol. The summed E-state index contributed by atoms with van der Waals surface area (Å²) in [7, 11) is 2.15. The second-order valence-corrected chi connectivity index (χ2v) is 6.63. The lowest BCUT2D eigenvalue weighted by Gasteiger charge is -2.19. The number of aromatic nitrogens is 1. The predicted octanol–water partition coefficient (Wildman–Crippen LogP) is 3.09. The first kappa shape index (κ1) is 15.6. The number of rotatable bonds is 9. The molecule has 20 heavy (non-hydrogen) atoms. The molecule has 2 rings (SSSR count). The van der Waals surface area contributed by atoms with Crippen molar-refractivity contribution < 1.29 is 0 Å². The first-order chi connectivity index (χ1) is 9.72. The maximum Gasteiger partial charge on any atom is 0.128 e. The molecule has 1 saturated carbocycles. The van der Waals surface area contributed by atoms with E-state index in [1.54, 1.807) is 0 Å². The monoisotopic (exact) mass is 293 g/mol. The van der Waals surface area contributed by atoms with Gasteiger partial charge in [0.25, 0.3) is 0 Å². The maximum atomic E-state index is 4.81. The molecule has 0 bridgehead atoms. The van der Waals surface area contributed by atoms with Crippen LogP contribution in [0.2, 0.25) is 0 Å². The van der Waals surface area contributed by atoms with Gasteiger partial charge in [-0.15, -0.1) is 0 Å². The van der Waals surface area contributed by atoms with E-state index < -0.39 is 0 Å². The van der Waals surface area contributed by atoms with E-state index in [2.05, 4.69) is 42.6 Å². The number of thioether (sulfide) groups is 1. The topological polar surface area (TPSA) is 28.2 Å². The Morgan fingerprint density at radius 3 is 2.85 bits per heavy atom. The van der Waals surface area contributed by atoms with E-state index >= 15 is 0 Å². The summed E-state index contributed by atoms with van der Waals surface area (Å²) in [5, 5.41) is 3.60. The van der Waals surface area contributed by atoms with Crippen LogP contribution in [0.4, 0.5) is 5.82 Å². The normalized spacial score (nSPS) is 14.6. The quantitative estimate of drug-likeness (QED) is 0.757. The zero-order chi connectivity index (χ0) is 14.4. The van der Waals surface area contributed by atoms with E-state index in [9.17, 15) is 0 Å². The van der Waals surface area contributed by atoms with Gasteiger partial charge in [0.05, 0.1) is 0 Å². The van der Waals surface area contributed by atoms with Crippen molar-refractivity contribution in [1.82, 2.24) is 10.3 Å². The van der Waals surface area contributed by atoms with Gasteiger partial charge in [-0.05, 0) is 43.2 Å². The van der Waals surface area contributed by atoms with Crippen molar-refractivity contribution in [3.63, 3.8) is 0 Å². The fourth-order valence-corrected chi connectivity index (χ4v) is 2.66. The van der Waals surface area contributed by atoms with Gasteiger partial charge in [-0.25, -0.2) is 4.98 Å². The molecule has 1 aliphatic carbocycles. The molecule has 0 aliphatic heterocycles. The van der Waals surface area contributed by atoms with Crippen LogP contribution in [0.25, 0.3) is 0 Å². The number of nitrogens with one attached hydrogen (secondary N) is 1. The molecule has 0 atom stereocenters. The number of aryl methyl sites for hydroxylation is 1. The molecule has 1 aromatic rings. The molecule has 1 aromatic heterocycles. The van der Waals surface area contributed by atoms with Crippen LogP contribution >= 0.6 is 11.8 Å². The van der Waals surface area contributed by atoms with Gasteiger partial charge >= 0.3 is 0 Å². The van der Waals surface area contributed by atoms with Crippen molar-refractivity contribution in [2.24, 2.45) is 0 Å². The summed E-state index contributed by atoms with van der Waals surface area (Å²) >= 11 is 1.88. The van der Waals surface area contributed by atoms with Crippen LogP contribution in [0, 0.1) is 0 Å². The van der Waals surface area contributed by atoms with Crippen molar-refractivity contribution >= 4 is 17.6 Å². The Morgan fingerprint density at radius 2 is 2.20 bits per heavy atom. The van der Waals surface area contributed by atoms with Crippen LogP contribution in [0.1, 0.15) is 37.4 Å². The van der Waals surface area contributed by atoms with E-state index in [0.29, 0.717) is 0 Å². The minimum Gasteiger partial charge on any atom is -0.359 e. The molecule has 0 saturated heterocycles. The van der Waals surface area contributed by atoms with E-state index in [1.165, 1.54) is 24.1 Å². The molecule has 0 aromatic carbocycles. The van der Waals surface area contributed by atoms with Crippen LogP contribution in [0.3, 0.4) is 0 Å². The highest BCUT2D eigenvalue weighted by Gasteiger charge is 2.20. The molecule has 0 radical (unpaired) electrons. The molecule has 1 N–H and O–H groups in total. The lowest BCUT2D eigenvalue weighted by molar-refractivity contribution is 0.685. The van der Waals surface area contributed by atoms with Crippen LogP contribution in [0.15, 0.2) is 12.1 Å². The summed E-state index contributed by atoms with van der Waals surface area (Å²) in [4.78, 5) is 7.08. The minimum atomic E-state index is 0.760. The van der Waals surface area contributed by atoms with Gasteiger partial charge in [0.2, 0.25) is 0 Å². The van der Waals surface area contributed by atoms with Crippen LogP contribution < -0.4 is 10.2 Å². The number of hydrogen-bond donors (Lipinski definition) is 1. The van der Waals surface area contributed by atoms with Gasteiger partial charge in [0, 0.05) is 37.6 Å². The van der Waals surface area contributed by atoms with Crippen molar-refractivity contribution in [2.75, 3.05) is 30.5 Å². The molecular weight excluding hydrogens is 266 g/mol. The summed E-state index contributed by atoms with van der Waals surface area (Å²) in [5.41, 5.74) is 2.61. The summed E-state index contributed by atoms with van der Waals surface area (Å²) in [5.74, 6) is 2.27. The molecule has 0 spiro atoms. The average Bonchev–Trinajstić information content (AvgIpc) is 3.27. The van der Waals surface area contributed by atoms with Gasteiger partial charge in [-0.3, -0.25) is 0 Å². The van der Waals surface area contributed by atoms with Crippen molar-refractivity contribution in [3.8, 4) is 0 Å². The highest BCUT2D eigenvalue weighted by Crippen LogP contribution is 2.21. The Morgan fingerprint density at radius 1 is 1.40 bits per heavy atom. The molecule has 0 amide bonds. The van der Waals surface area contributed by atoms with E-state index in [-0.39, 0.29) is 0 Å². The Kier molecular flexibility index (Phi) is 6.17. The summed E-state index contributed by atoms with van der Waals surface area (Å²) in [6.45, 7) is 4.25. The van der Waals surface area contributed by atoms with E-state index in [4.69, 9.17) is 4.98 Å². The second-order valence-electron chi connectivity index (χ2n) is 5.64. The summed E-state index contributed by atoms with van der Waals surface area (Å²) in [6, 6.07) is 5.27. The molecule has 1 heterocycles. The first-order valence-electron chi connectivity index (χ1n) is 7.66. The first-order valence-corrected chi connectivity index (χ1v) is 9.05. The third kappa shape index (κ3) is 4.98. The highest BCUT2D eigenvalue weighted by atomic mass is 32.2. The summed E-state index contributed by atoms with van der Waals surface area (Å²) < 4.78 is 0. The Balaban J connectivity index is 2.06. The molecule has 1 fully saturated rings. The molecule has 3 nitrogen and oxygen atoms in total. The Bertz CT molecular complexity index is 418. The Labute approximate surface area is 127 Å². The smallest absolute Gasteiger partial charge is 0.128 e. The lowest BCUT2D eigenvalue weighted by Crippen LogP contribution is -2.22. The number of hydrogen-bond acceptors (Lipinski definition) is 4. The van der Waals surface area contributed by atoms with E-state index in [0.717, 1.165) is 43.5 Å². The molecule has 4 heteroatoms. The second kappa shape index (κ2) is 7.89. The van der Waals surface area contributed by atoms with Gasteiger partial charge < -0.3 is 10.2 Å². The third-order valence-electron chi connectivity index (χ3n) is 3.62. The molecule has 0 unspecified atom stereocenters. The van der Waals surface area contributed by atoms with Gasteiger partial charge in [-0.2, -0.15) is 11.8 Å². The van der Waals surface area contributed by atoms with Gasteiger partial charge in [0.1, 0.15) is 5.82 Å². The van der Waals surface area contributed by atoms with Crippen LogP contribution in [-0.4, -0.2) is 36.6 Å². The van der Waals surface area contributed by atoms with Crippen molar-refractivity contribution in [3.05, 3.63) is 23.4 Å². The standard InChI is InChI=1S/C16H27N3S/c1-4-5-15-10-13(12-17-14-6-7-14)11-16(18-15)19(2)8-9-20-3/h10-11,14,17H,4-9,12H2,1-3H3. The largest absolute Gasteiger partial charge is 0.359 e. The Hall–Kier alpha value is -0.740. The maximum absolute atomic E-state index is 4.81. The number of anilines is 1. The molecule has 112 valence electrons. The van der Waals surface area contributed by atoms with Crippen molar-refractivity contribution in [2.45, 2.75) is 45.2 Å². The number of pyridine rings is 1. The SMILES string of the molecule is CCCc1cc(CNC2CC2)cc(N(C)CCSC)n1. The van der Waals surface area contributed by atoms with Gasteiger partial charge in [-0.1, -0.05) is 13.3 Å². The predicted molar refractivity (Wildman–Crippen MR) is 89.7 cm³/mol. The van der Waals surface area contributed by atoms with Gasteiger partial charge in [0.15, 0.2) is 0 Å². The highest BCUT2D eigenvalue weighted by molar-refractivity contribution is 7.98. The fraction of sp³-hybridized carbons (Fsp3) is 0.688. The summed E-state index contributed by atoms with van der Waals surface area (Å²) in [6.07, 6.45) is 7.06.